The van der Waals surface area contributed by atoms with Crippen molar-refractivity contribution in [2.24, 2.45) is 0 Å². The zero-order valence-electron chi connectivity index (χ0n) is 9.50. The third-order valence-corrected chi connectivity index (χ3v) is 2.29. The lowest BCUT2D eigenvalue weighted by Gasteiger charge is -2.07. The number of carboxylic acids is 1. The molecule has 2 aromatic rings. The zero-order valence-corrected chi connectivity index (χ0v) is 9.50. The lowest BCUT2D eigenvalue weighted by atomic mass is 10.2. The van der Waals surface area contributed by atoms with Crippen LogP contribution in [-0.4, -0.2) is 27.0 Å². The summed E-state index contributed by atoms with van der Waals surface area (Å²) in [7, 11) is 0. The van der Waals surface area contributed by atoms with E-state index in [4.69, 9.17) is 5.11 Å². The molecule has 0 fully saturated rings. The van der Waals surface area contributed by atoms with Crippen LogP contribution in [0.2, 0.25) is 0 Å². The van der Waals surface area contributed by atoms with Gasteiger partial charge in [-0.25, -0.2) is 9.78 Å². The summed E-state index contributed by atoms with van der Waals surface area (Å²) < 4.78 is 12.6. The standard InChI is InChI=1S/C12H8FN3O3/c13-10-2-1-7(5-15-10)11(17)16-9-6-14-4-3-8(9)12(18)19/h1-6H,(H,16,17)(H,18,19). The third kappa shape index (κ3) is 2.89. The van der Waals surface area contributed by atoms with E-state index in [0.717, 1.165) is 12.3 Å². The Labute approximate surface area is 106 Å². The number of carboxylic acid groups (broad SMARTS) is 1. The lowest BCUT2D eigenvalue weighted by Crippen LogP contribution is -2.15. The Kier molecular flexibility index (Phi) is 3.46. The van der Waals surface area contributed by atoms with Gasteiger partial charge in [0.05, 0.1) is 23.0 Å². The molecule has 0 aliphatic carbocycles. The smallest absolute Gasteiger partial charge is 0.337 e. The third-order valence-electron chi connectivity index (χ3n) is 2.29. The lowest BCUT2D eigenvalue weighted by molar-refractivity contribution is 0.0698. The average Bonchev–Trinajstić information content (AvgIpc) is 2.39. The quantitative estimate of drug-likeness (QED) is 0.818. The predicted molar refractivity (Wildman–Crippen MR) is 63.3 cm³/mol. The SMILES string of the molecule is O=C(Nc1cnccc1C(=O)O)c1ccc(F)nc1. The molecule has 0 radical (unpaired) electrons. The van der Waals surface area contributed by atoms with E-state index in [0.29, 0.717) is 0 Å². The van der Waals surface area contributed by atoms with Crippen LogP contribution in [0.1, 0.15) is 20.7 Å². The number of aromatic carboxylic acids is 1. The second kappa shape index (κ2) is 5.21. The molecule has 2 heterocycles. The molecule has 0 unspecified atom stereocenters. The number of pyridine rings is 2. The maximum Gasteiger partial charge on any atom is 0.337 e. The monoisotopic (exact) mass is 261 g/mol. The Morgan fingerprint density at radius 1 is 1.21 bits per heavy atom. The first-order chi connectivity index (χ1) is 9.08. The van der Waals surface area contributed by atoms with E-state index in [2.05, 4.69) is 15.3 Å². The summed E-state index contributed by atoms with van der Waals surface area (Å²) in [6, 6.07) is 3.55. The Balaban J connectivity index is 2.24. The predicted octanol–water partition coefficient (Wildman–Crippen LogP) is 1.57. The largest absolute Gasteiger partial charge is 0.478 e. The topological polar surface area (TPSA) is 92.2 Å². The Bertz CT molecular complexity index is 628. The molecule has 2 N–H and O–H groups in total. The number of hydrogen-bond donors (Lipinski definition) is 2. The van der Waals surface area contributed by atoms with Crippen molar-refractivity contribution < 1.29 is 19.1 Å². The molecular weight excluding hydrogens is 253 g/mol. The van der Waals surface area contributed by atoms with E-state index in [1.54, 1.807) is 0 Å². The molecule has 1 amide bonds. The van der Waals surface area contributed by atoms with Gasteiger partial charge in [-0.1, -0.05) is 0 Å². The number of nitrogens with zero attached hydrogens (tertiary/aromatic N) is 2. The van der Waals surface area contributed by atoms with Crippen LogP contribution in [0.25, 0.3) is 0 Å². The van der Waals surface area contributed by atoms with E-state index < -0.39 is 17.8 Å². The molecule has 96 valence electrons. The van der Waals surface area contributed by atoms with E-state index in [1.807, 2.05) is 0 Å². The van der Waals surface area contributed by atoms with Gasteiger partial charge in [-0.3, -0.25) is 9.78 Å². The van der Waals surface area contributed by atoms with Gasteiger partial charge < -0.3 is 10.4 Å². The minimum absolute atomic E-state index is 0.0596. The number of hydrogen-bond acceptors (Lipinski definition) is 4. The van der Waals surface area contributed by atoms with Crippen LogP contribution in [0.3, 0.4) is 0 Å². The molecule has 6 nitrogen and oxygen atoms in total. The maximum atomic E-state index is 12.6. The number of rotatable bonds is 3. The van der Waals surface area contributed by atoms with Crippen LogP contribution < -0.4 is 5.32 Å². The molecule has 0 aromatic carbocycles. The van der Waals surface area contributed by atoms with Crippen molar-refractivity contribution in [3.63, 3.8) is 0 Å². The number of carbonyl (C=O) groups excluding carboxylic acids is 1. The van der Waals surface area contributed by atoms with Crippen molar-refractivity contribution in [3.05, 3.63) is 53.9 Å². The number of nitrogens with one attached hydrogen (secondary N) is 1. The van der Waals surface area contributed by atoms with Crippen LogP contribution in [-0.2, 0) is 0 Å². The molecule has 0 saturated heterocycles. The molecule has 0 saturated carbocycles. The molecule has 0 atom stereocenters. The first-order valence-corrected chi connectivity index (χ1v) is 5.18. The molecule has 2 rings (SSSR count). The summed E-state index contributed by atoms with van der Waals surface area (Å²) >= 11 is 0. The molecule has 19 heavy (non-hydrogen) atoms. The highest BCUT2D eigenvalue weighted by Crippen LogP contribution is 2.14. The van der Waals surface area contributed by atoms with Crippen molar-refractivity contribution in [1.29, 1.82) is 0 Å². The van der Waals surface area contributed by atoms with Crippen molar-refractivity contribution in [3.8, 4) is 0 Å². The van der Waals surface area contributed by atoms with Crippen LogP contribution >= 0.6 is 0 Å². The van der Waals surface area contributed by atoms with Crippen molar-refractivity contribution in [1.82, 2.24) is 9.97 Å². The van der Waals surface area contributed by atoms with Gasteiger partial charge in [0.1, 0.15) is 0 Å². The highest BCUT2D eigenvalue weighted by Gasteiger charge is 2.13. The second-order valence-electron chi connectivity index (χ2n) is 3.55. The molecular formula is C12H8FN3O3. The molecule has 2 aromatic heterocycles. The number of halogens is 1. The van der Waals surface area contributed by atoms with Crippen LogP contribution in [0.5, 0.6) is 0 Å². The maximum absolute atomic E-state index is 12.6. The van der Waals surface area contributed by atoms with E-state index in [-0.39, 0.29) is 16.8 Å². The van der Waals surface area contributed by atoms with E-state index in [9.17, 15) is 14.0 Å². The van der Waals surface area contributed by atoms with Crippen LogP contribution in [0.15, 0.2) is 36.8 Å². The van der Waals surface area contributed by atoms with Gasteiger partial charge in [0.2, 0.25) is 5.95 Å². The zero-order chi connectivity index (χ0) is 13.8. The van der Waals surface area contributed by atoms with E-state index in [1.165, 1.54) is 24.5 Å². The summed E-state index contributed by atoms with van der Waals surface area (Å²) in [5, 5.41) is 11.3. The average molecular weight is 261 g/mol. The molecule has 0 bridgehead atoms. The molecule has 0 aliphatic heterocycles. The fourth-order valence-corrected chi connectivity index (χ4v) is 1.39. The fourth-order valence-electron chi connectivity index (χ4n) is 1.39. The summed E-state index contributed by atoms with van der Waals surface area (Å²) in [5.74, 6) is -2.48. The summed E-state index contributed by atoms with van der Waals surface area (Å²) in [4.78, 5) is 29.8. The Morgan fingerprint density at radius 3 is 2.63 bits per heavy atom. The van der Waals surface area contributed by atoms with Crippen molar-refractivity contribution in [2.75, 3.05) is 5.32 Å². The van der Waals surface area contributed by atoms with Gasteiger partial charge >= 0.3 is 5.97 Å². The normalized spacial score (nSPS) is 9.95. The molecule has 7 heteroatoms. The van der Waals surface area contributed by atoms with Gasteiger partial charge in [0, 0.05) is 12.4 Å². The number of anilines is 1. The number of amides is 1. The minimum Gasteiger partial charge on any atom is -0.478 e. The van der Waals surface area contributed by atoms with E-state index >= 15 is 0 Å². The summed E-state index contributed by atoms with van der Waals surface area (Å²) in [6.45, 7) is 0. The van der Waals surface area contributed by atoms with Gasteiger partial charge in [-0.05, 0) is 18.2 Å². The number of aromatic nitrogens is 2. The molecule has 0 aliphatic rings. The highest BCUT2D eigenvalue weighted by atomic mass is 19.1. The summed E-state index contributed by atoms with van der Waals surface area (Å²) in [5.41, 5.74) is 0.0873. The van der Waals surface area contributed by atoms with Gasteiger partial charge in [0.15, 0.2) is 0 Å². The first-order valence-electron chi connectivity index (χ1n) is 5.18. The first kappa shape index (κ1) is 12.6. The summed E-state index contributed by atoms with van der Waals surface area (Å²) in [6.07, 6.45) is 3.58. The fraction of sp³-hybridized carbons (Fsp3) is 0. The minimum atomic E-state index is -1.19. The van der Waals surface area contributed by atoms with Gasteiger partial charge in [-0.2, -0.15) is 4.39 Å². The van der Waals surface area contributed by atoms with Crippen LogP contribution in [0.4, 0.5) is 10.1 Å². The van der Waals surface area contributed by atoms with Crippen LogP contribution in [0, 0.1) is 5.95 Å². The van der Waals surface area contributed by atoms with Gasteiger partial charge in [-0.15, -0.1) is 0 Å². The van der Waals surface area contributed by atoms with Crippen molar-refractivity contribution >= 4 is 17.6 Å². The Hall–Kier alpha value is -2.83. The second-order valence-corrected chi connectivity index (χ2v) is 3.55. The van der Waals surface area contributed by atoms with Crippen molar-refractivity contribution in [2.45, 2.75) is 0 Å². The number of carbonyl (C=O) groups is 2. The Morgan fingerprint density at radius 2 is 2.00 bits per heavy atom. The molecule has 0 spiro atoms. The van der Waals surface area contributed by atoms with Gasteiger partial charge in [0.25, 0.3) is 5.91 Å². The highest BCUT2D eigenvalue weighted by molar-refractivity contribution is 6.07.